The van der Waals surface area contributed by atoms with Crippen LogP contribution in [0.25, 0.3) is 0 Å². The average molecular weight is 314 g/mol. The lowest BCUT2D eigenvalue weighted by Crippen LogP contribution is -2.19. The molecule has 1 aromatic rings. The Kier molecular flexibility index (Phi) is 3.83. The van der Waals surface area contributed by atoms with E-state index in [1.165, 1.54) is 13.2 Å². The van der Waals surface area contributed by atoms with Gasteiger partial charge in [-0.25, -0.2) is 9.18 Å². The molecule has 1 fully saturated rings. The minimum Gasteiger partial charge on any atom is -0.492 e. The van der Waals surface area contributed by atoms with E-state index >= 15 is 0 Å². The third-order valence-electron chi connectivity index (χ3n) is 3.43. The molecule has 1 saturated carbocycles. The van der Waals surface area contributed by atoms with Crippen molar-refractivity contribution in [1.82, 2.24) is 0 Å². The zero-order valence-electron chi connectivity index (χ0n) is 10.0. The molecule has 1 aliphatic carbocycles. The van der Waals surface area contributed by atoms with Gasteiger partial charge in [0, 0.05) is 0 Å². The Morgan fingerprint density at radius 1 is 1.44 bits per heavy atom. The fourth-order valence-corrected chi connectivity index (χ4v) is 3.13. The highest BCUT2D eigenvalue weighted by Gasteiger charge is 2.36. The van der Waals surface area contributed by atoms with Crippen LogP contribution in [0, 0.1) is 5.82 Å². The number of isocyanates is 1. The zero-order chi connectivity index (χ0) is 13.2. The van der Waals surface area contributed by atoms with E-state index in [1.807, 2.05) is 0 Å². The van der Waals surface area contributed by atoms with E-state index in [1.54, 1.807) is 12.1 Å². The van der Waals surface area contributed by atoms with E-state index in [9.17, 15) is 9.18 Å². The maximum Gasteiger partial charge on any atom is 0.235 e. The SMILES string of the molecule is COc1c(F)cc(C2(N=C=O)CCCC2)cc1Br. The second kappa shape index (κ2) is 5.21. The van der Waals surface area contributed by atoms with E-state index < -0.39 is 11.4 Å². The van der Waals surface area contributed by atoms with Crippen molar-refractivity contribution in [3.63, 3.8) is 0 Å². The van der Waals surface area contributed by atoms with Crippen LogP contribution in [0.4, 0.5) is 4.39 Å². The summed E-state index contributed by atoms with van der Waals surface area (Å²) in [7, 11) is 1.41. The first-order valence-electron chi connectivity index (χ1n) is 5.75. The maximum atomic E-state index is 13.9. The molecule has 0 bridgehead atoms. The zero-order valence-corrected chi connectivity index (χ0v) is 11.6. The maximum absolute atomic E-state index is 13.9. The van der Waals surface area contributed by atoms with Crippen LogP contribution in [0.2, 0.25) is 0 Å². The van der Waals surface area contributed by atoms with Gasteiger partial charge in [-0.1, -0.05) is 12.8 Å². The largest absolute Gasteiger partial charge is 0.492 e. The first-order valence-corrected chi connectivity index (χ1v) is 6.55. The fourth-order valence-electron chi connectivity index (χ4n) is 2.54. The molecule has 5 heteroatoms. The molecular weight excluding hydrogens is 301 g/mol. The van der Waals surface area contributed by atoms with Crippen molar-refractivity contribution in [3.05, 3.63) is 28.0 Å². The molecule has 0 spiro atoms. The van der Waals surface area contributed by atoms with Gasteiger partial charge in [-0.05, 0) is 46.5 Å². The Bertz CT molecular complexity index is 483. The van der Waals surface area contributed by atoms with Crippen molar-refractivity contribution >= 4 is 22.0 Å². The van der Waals surface area contributed by atoms with E-state index in [2.05, 4.69) is 20.9 Å². The summed E-state index contributed by atoms with van der Waals surface area (Å²) < 4.78 is 19.4. The third-order valence-corrected chi connectivity index (χ3v) is 4.02. The number of nitrogens with zero attached hydrogens (tertiary/aromatic N) is 1. The van der Waals surface area contributed by atoms with Crippen LogP contribution in [0.3, 0.4) is 0 Å². The van der Waals surface area contributed by atoms with E-state index in [0.29, 0.717) is 10.0 Å². The lowest BCUT2D eigenvalue weighted by Gasteiger charge is -2.23. The first-order chi connectivity index (χ1) is 8.63. The molecule has 0 unspecified atom stereocenters. The summed E-state index contributed by atoms with van der Waals surface area (Å²) >= 11 is 3.28. The molecule has 0 atom stereocenters. The van der Waals surface area contributed by atoms with Crippen molar-refractivity contribution in [3.8, 4) is 5.75 Å². The smallest absolute Gasteiger partial charge is 0.235 e. The molecule has 3 nitrogen and oxygen atoms in total. The Morgan fingerprint density at radius 3 is 2.61 bits per heavy atom. The molecule has 0 radical (unpaired) electrons. The van der Waals surface area contributed by atoms with Gasteiger partial charge < -0.3 is 4.74 Å². The summed E-state index contributed by atoms with van der Waals surface area (Å²) in [4.78, 5) is 14.5. The highest BCUT2D eigenvalue weighted by Crippen LogP contribution is 2.44. The minimum atomic E-state index is -0.614. The van der Waals surface area contributed by atoms with E-state index in [0.717, 1.165) is 25.7 Å². The number of hydrogen-bond acceptors (Lipinski definition) is 3. The molecule has 2 rings (SSSR count). The molecule has 96 valence electrons. The van der Waals surface area contributed by atoms with Gasteiger partial charge in [0.1, 0.15) is 0 Å². The Labute approximate surface area is 113 Å². The van der Waals surface area contributed by atoms with Gasteiger partial charge in [-0.15, -0.1) is 0 Å². The standard InChI is InChI=1S/C13H13BrFNO2/c1-18-12-10(14)6-9(7-11(12)15)13(16-8-17)4-2-3-5-13/h6-7H,2-5H2,1H3. The average Bonchev–Trinajstić information content (AvgIpc) is 2.79. The molecule has 0 heterocycles. The van der Waals surface area contributed by atoms with E-state index in [-0.39, 0.29) is 5.75 Å². The normalized spacial score (nSPS) is 17.3. The number of halogens is 2. The summed E-state index contributed by atoms with van der Waals surface area (Å²) in [6.45, 7) is 0. The third kappa shape index (κ3) is 2.20. The van der Waals surface area contributed by atoms with Gasteiger partial charge in [0.05, 0.1) is 17.1 Å². The summed E-state index contributed by atoms with van der Waals surface area (Å²) in [5.41, 5.74) is 0.0886. The van der Waals surface area contributed by atoms with E-state index in [4.69, 9.17) is 4.74 Å². The second-order valence-electron chi connectivity index (χ2n) is 4.41. The molecule has 0 aliphatic heterocycles. The van der Waals surface area contributed by atoms with Gasteiger partial charge >= 0.3 is 0 Å². The molecule has 1 aromatic carbocycles. The number of rotatable bonds is 3. The number of ether oxygens (including phenoxy) is 1. The van der Waals surface area contributed by atoms with Crippen molar-refractivity contribution in [2.75, 3.05) is 7.11 Å². The van der Waals surface area contributed by atoms with Gasteiger partial charge in [-0.3, -0.25) is 0 Å². The molecule has 1 aliphatic rings. The van der Waals surface area contributed by atoms with Crippen LogP contribution in [-0.2, 0) is 10.3 Å². The van der Waals surface area contributed by atoms with Gasteiger partial charge in [0.2, 0.25) is 6.08 Å². The molecule has 0 saturated heterocycles. The van der Waals surface area contributed by atoms with Crippen LogP contribution in [0.5, 0.6) is 5.75 Å². The molecule has 0 N–H and O–H groups in total. The fraction of sp³-hybridized carbons (Fsp3) is 0.462. The van der Waals surface area contributed by atoms with Crippen LogP contribution in [-0.4, -0.2) is 13.2 Å². The predicted molar refractivity (Wildman–Crippen MR) is 68.9 cm³/mol. The summed E-state index contributed by atoms with van der Waals surface area (Å²) in [5, 5.41) is 0. The van der Waals surface area contributed by atoms with Gasteiger partial charge in [0.25, 0.3) is 0 Å². The van der Waals surface area contributed by atoms with Crippen LogP contribution >= 0.6 is 15.9 Å². The lowest BCUT2D eigenvalue weighted by molar-refractivity contribution is 0.380. The molecule has 0 amide bonds. The number of hydrogen-bond donors (Lipinski definition) is 0. The molecule has 0 aromatic heterocycles. The quantitative estimate of drug-likeness (QED) is 0.630. The lowest BCUT2D eigenvalue weighted by atomic mass is 9.89. The summed E-state index contributed by atoms with van der Waals surface area (Å²) in [5.74, 6) is -0.281. The Morgan fingerprint density at radius 2 is 2.11 bits per heavy atom. The van der Waals surface area contributed by atoms with Crippen molar-refractivity contribution in [1.29, 1.82) is 0 Å². The molecule has 18 heavy (non-hydrogen) atoms. The van der Waals surface area contributed by atoms with Crippen molar-refractivity contribution in [2.45, 2.75) is 31.2 Å². The Balaban J connectivity index is 2.53. The number of aliphatic imine (C=N–C) groups is 1. The predicted octanol–water partition coefficient (Wildman–Crippen LogP) is 3.70. The van der Waals surface area contributed by atoms with Gasteiger partial charge in [-0.2, -0.15) is 4.99 Å². The van der Waals surface area contributed by atoms with Crippen LogP contribution < -0.4 is 4.74 Å². The summed E-state index contributed by atoms with van der Waals surface area (Å²) in [6.07, 6.45) is 5.09. The number of benzene rings is 1. The second-order valence-corrected chi connectivity index (χ2v) is 5.27. The number of carbonyl (C=O) groups excluding carboxylic acids is 1. The minimum absolute atomic E-state index is 0.168. The highest BCUT2D eigenvalue weighted by atomic mass is 79.9. The number of methoxy groups -OCH3 is 1. The van der Waals surface area contributed by atoms with Gasteiger partial charge in [0.15, 0.2) is 11.6 Å². The first kappa shape index (κ1) is 13.2. The monoisotopic (exact) mass is 313 g/mol. The highest BCUT2D eigenvalue weighted by molar-refractivity contribution is 9.10. The van der Waals surface area contributed by atoms with Crippen molar-refractivity contribution < 1.29 is 13.9 Å². The van der Waals surface area contributed by atoms with Crippen molar-refractivity contribution in [2.24, 2.45) is 4.99 Å². The van der Waals surface area contributed by atoms with Crippen LogP contribution in [0.1, 0.15) is 31.2 Å². The van der Waals surface area contributed by atoms with Crippen LogP contribution in [0.15, 0.2) is 21.6 Å². The summed E-state index contributed by atoms with van der Waals surface area (Å²) in [6, 6.07) is 3.17. The Hall–Kier alpha value is -1.19. The topological polar surface area (TPSA) is 38.7 Å². The molecular formula is C13H13BrFNO2.